The fraction of sp³-hybridized carbons (Fsp3) is 0.333. The first-order valence-corrected chi connectivity index (χ1v) is 3.94. The lowest BCUT2D eigenvalue weighted by atomic mass is 10.2. The first-order valence-electron chi connectivity index (χ1n) is 3.94. The number of anilines is 1. The molecule has 0 amide bonds. The van der Waals surface area contributed by atoms with Gasteiger partial charge in [-0.05, 0) is 24.6 Å². The molecule has 0 heterocycles. The number of hydrogen-bond donors (Lipinski definition) is 1. The Morgan fingerprint density at radius 3 is 2.50 bits per heavy atom. The zero-order valence-corrected chi connectivity index (χ0v) is 7.56. The van der Waals surface area contributed by atoms with Crippen molar-refractivity contribution in [3.63, 3.8) is 0 Å². The van der Waals surface area contributed by atoms with Gasteiger partial charge in [-0.15, -0.1) is 0 Å². The quantitative estimate of drug-likeness (QED) is 0.753. The Hall–Kier alpha value is -1.39. The summed E-state index contributed by atoms with van der Waals surface area (Å²) in [6.07, 6.45) is -4.34. The van der Waals surface area contributed by atoms with Gasteiger partial charge in [0.15, 0.2) is 6.61 Å². The van der Waals surface area contributed by atoms with E-state index in [-0.39, 0.29) is 11.4 Å². The van der Waals surface area contributed by atoms with Crippen LogP contribution >= 0.6 is 0 Å². The van der Waals surface area contributed by atoms with Gasteiger partial charge in [0.25, 0.3) is 0 Å². The van der Waals surface area contributed by atoms with Crippen molar-refractivity contribution in [2.45, 2.75) is 13.1 Å². The molecule has 0 unspecified atom stereocenters. The third-order valence-electron chi connectivity index (χ3n) is 1.56. The largest absolute Gasteiger partial charge is 0.482 e. The van der Waals surface area contributed by atoms with Gasteiger partial charge < -0.3 is 10.5 Å². The van der Waals surface area contributed by atoms with Crippen LogP contribution in [0.1, 0.15) is 5.56 Å². The van der Waals surface area contributed by atoms with Crippen molar-refractivity contribution in [1.82, 2.24) is 0 Å². The molecule has 0 fully saturated rings. The zero-order valence-electron chi connectivity index (χ0n) is 7.56. The molecule has 0 saturated carbocycles. The van der Waals surface area contributed by atoms with Crippen LogP contribution in [0.25, 0.3) is 0 Å². The van der Waals surface area contributed by atoms with Gasteiger partial charge >= 0.3 is 6.18 Å². The van der Waals surface area contributed by atoms with Crippen LogP contribution in [-0.4, -0.2) is 12.8 Å². The summed E-state index contributed by atoms with van der Waals surface area (Å²) in [6, 6.07) is 4.63. The fourth-order valence-corrected chi connectivity index (χ4v) is 0.959. The molecule has 5 heteroatoms. The van der Waals surface area contributed by atoms with Crippen LogP contribution in [0.4, 0.5) is 18.9 Å². The van der Waals surface area contributed by atoms with Crippen molar-refractivity contribution < 1.29 is 17.9 Å². The topological polar surface area (TPSA) is 35.2 Å². The Balaban J connectivity index is 2.68. The highest BCUT2D eigenvalue weighted by molar-refractivity contribution is 5.53. The van der Waals surface area contributed by atoms with Gasteiger partial charge in [0.1, 0.15) is 5.75 Å². The van der Waals surface area contributed by atoms with Crippen LogP contribution in [0.15, 0.2) is 18.2 Å². The number of aryl methyl sites for hydroxylation is 1. The van der Waals surface area contributed by atoms with Gasteiger partial charge in [0.05, 0.1) is 5.69 Å². The molecule has 0 aliphatic heterocycles. The Morgan fingerprint density at radius 2 is 2.00 bits per heavy atom. The molecular weight excluding hydrogens is 195 g/mol. The predicted octanol–water partition coefficient (Wildman–Crippen LogP) is 2.52. The Kier molecular flexibility index (Phi) is 2.88. The molecule has 14 heavy (non-hydrogen) atoms. The number of benzene rings is 1. The van der Waals surface area contributed by atoms with Crippen LogP contribution in [0.2, 0.25) is 0 Å². The molecule has 0 bridgehead atoms. The van der Waals surface area contributed by atoms with Crippen LogP contribution in [0, 0.1) is 6.92 Å². The van der Waals surface area contributed by atoms with E-state index in [1.165, 1.54) is 6.07 Å². The highest BCUT2D eigenvalue weighted by atomic mass is 19.4. The maximum atomic E-state index is 11.8. The minimum Gasteiger partial charge on any atom is -0.482 e. The lowest BCUT2D eigenvalue weighted by Gasteiger charge is -2.11. The SMILES string of the molecule is Cc1ccc(OCC(F)(F)F)c(N)c1. The van der Waals surface area contributed by atoms with E-state index in [1.54, 1.807) is 19.1 Å². The van der Waals surface area contributed by atoms with Crippen molar-refractivity contribution in [3.8, 4) is 5.75 Å². The van der Waals surface area contributed by atoms with Gasteiger partial charge in [0, 0.05) is 0 Å². The molecule has 0 atom stereocenters. The van der Waals surface area contributed by atoms with Gasteiger partial charge in [-0.1, -0.05) is 6.07 Å². The summed E-state index contributed by atoms with van der Waals surface area (Å²) in [4.78, 5) is 0. The average Bonchev–Trinajstić information content (AvgIpc) is 2.00. The summed E-state index contributed by atoms with van der Waals surface area (Å²) in [5, 5.41) is 0. The number of alkyl halides is 3. The number of nitrogen functional groups attached to an aromatic ring is 1. The maximum Gasteiger partial charge on any atom is 0.422 e. The average molecular weight is 205 g/mol. The lowest BCUT2D eigenvalue weighted by Crippen LogP contribution is -2.19. The van der Waals surface area contributed by atoms with Gasteiger partial charge in [-0.25, -0.2) is 0 Å². The molecule has 1 aromatic carbocycles. The molecule has 0 aliphatic carbocycles. The molecule has 0 spiro atoms. The third kappa shape index (κ3) is 3.16. The van der Waals surface area contributed by atoms with Crippen molar-refractivity contribution >= 4 is 5.69 Å². The predicted molar refractivity (Wildman–Crippen MR) is 47.1 cm³/mol. The van der Waals surface area contributed by atoms with E-state index in [1.807, 2.05) is 0 Å². The monoisotopic (exact) mass is 205 g/mol. The standard InChI is InChI=1S/C9H10F3NO/c1-6-2-3-8(7(13)4-6)14-5-9(10,11)12/h2-4H,5,13H2,1H3. The first-order chi connectivity index (χ1) is 6.38. The second-order valence-electron chi connectivity index (χ2n) is 2.95. The van der Waals surface area contributed by atoms with Crippen LogP contribution in [-0.2, 0) is 0 Å². The highest BCUT2D eigenvalue weighted by Gasteiger charge is 2.28. The van der Waals surface area contributed by atoms with E-state index in [0.29, 0.717) is 0 Å². The normalized spacial score (nSPS) is 11.4. The van der Waals surface area contributed by atoms with Crippen LogP contribution in [0.3, 0.4) is 0 Å². The Bertz CT molecular complexity index is 322. The summed E-state index contributed by atoms with van der Waals surface area (Å²) in [7, 11) is 0. The highest BCUT2D eigenvalue weighted by Crippen LogP contribution is 2.24. The lowest BCUT2D eigenvalue weighted by molar-refractivity contribution is -0.153. The number of nitrogens with two attached hydrogens (primary N) is 1. The zero-order chi connectivity index (χ0) is 10.8. The van der Waals surface area contributed by atoms with E-state index in [2.05, 4.69) is 4.74 Å². The summed E-state index contributed by atoms with van der Waals surface area (Å²) in [5.41, 5.74) is 6.55. The second kappa shape index (κ2) is 3.77. The molecule has 2 N–H and O–H groups in total. The summed E-state index contributed by atoms with van der Waals surface area (Å²) in [6.45, 7) is 0.476. The van der Waals surface area contributed by atoms with Crippen molar-refractivity contribution in [2.24, 2.45) is 0 Å². The summed E-state index contributed by atoms with van der Waals surface area (Å²) < 4.78 is 39.9. The minimum atomic E-state index is -4.34. The molecule has 0 aliphatic rings. The number of halogens is 3. The van der Waals surface area contributed by atoms with Gasteiger partial charge in [0.2, 0.25) is 0 Å². The first kappa shape index (κ1) is 10.7. The van der Waals surface area contributed by atoms with E-state index < -0.39 is 12.8 Å². The minimum absolute atomic E-state index is 0.0629. The van der Waals surface area contributed by atoms with Crippen molar-refractivity contribution in [2.75, 3.05) is 12.3 Å². The smallest absolute Gasteiger partial charge is 0.422 e. The van der Waals surface area contributed by atoms with Crippen LogP contribution in [0.5, 0.6) is 5.75 Å². The second-order valence-corrected chi connectivity index (χ2v) is 2.95. The van der Waals surface area contributed by atoms with E-state index in [4.69, 9.17) is 5.73 Å². The Morgan fingerprint density at radius 1 is 1.36 bits per heavy atom. The summed E-state index contributed by atoms with van der Waals surface area (Å²) in [5.74, 6) is 0.0629. The molecule has 0 radical (unpaired) electrons. The fourth-order valence-electron chi connectivity index (χ4n) is 0.959. The molecule has 0 saturated heterocycles. The summed E-state index contributed by atoms with van der Waals surface area (Å²) >= 11 is 0. The number of hydrogen-bond acceptors (Lipinski definition) is 2. The molecule has 1 aromatic rings. The molecule has 1 rings (SSSR count). The number of rotatable bonds is 2. The van der Waals surface area contributed by atoms with Crippen LogP contribution < -0.4 is 10.5 Å². The molecule has 0 aromatic heterocycles. The molecule has 2 nitrogen and oxygen atoms in total. The van der Waals surface area contributed by atoms with Crippen molar-refractivity contribution in [1.29, 1.82) is 0 Å². The Labute approximate surface area is 79.5 Å². The van der Waals surface area contributed by atoms with E-state index >= 15 is 0 Å². The molecular formula is C9H10F3NO. The maximum absolute atomic E-state index is 11.8. The van der Waals surface area contributed by atoms with E-state index in [9.17, 15) is 13.2 Å². The van der Waals surface area contributed by atoms with Crippen molar-refractivity contribution in [3.05, 3.63) is 23.8 Å². The van der Waals surface area contributed by atoms with E-state index in [0.717, 1.165) is 5.56 Å². The molecule has 78 valence electrons. The third-order valence-corrected chi connectivity index (χ3v) is 1.56. The number of ether oxygens (including phenoxy) is 1. The van der Waals surface area contributed by atoms with Gasteiger partial charge in [-0.3, -0.25) is 0 Å². The van der Waals surface area contributed by atoms with Gasteiger partial charge in [-0.2, -0.15) is 13.2 Å².